The quantitative estimate of drug-likeness (QED) is 0.341. The highest BCUT2D eigenvalue weighted by Gasteiger charge is 1.99. The van der Waals surface area contributed by atoms with Gasteiger partial charge in [0.2, 0.25) is 0 Å². The van der Waals surface area contributed by atoms with Gasteiger partial charge < -0.3 is 15.5 Å². The number of anilines is 1. The highest BCUT2D eigenvalue weighted by Crippen LogP contribution is 2.13. The molecule has 0 spiro atoms. The van der Waals surface area contributed by atoms with E-state index in [1.54, 1.807) is 0 Å². The second-order valence-electron chi connectivity index (χ2n) is 4.43. The van der Waals surface area contributed by atoms with Gasteiger partial charge >= 0.3 is 0 Å². The van der Waals surface area contributed by atoms with Gasteiger partial charge in [-0.2, -0.15) is 0 Å². The van der Waals surface area contributed by atoms with E-state index in [9.17, 15) is 0 Å². The van der Waals surface area contributed by atoms with Crippen molar-refractivity contribution in [2.75, 3.05) is 32.1 Å². The zero-order chi connectivity index (χ0) is 14.1. The molecule has 0 radical (unpaired) electrons. The van der Waals surface area contributed by atoms with Crippen molar-refractivity contribution in [1.82, 2.24) is 10.6 Å². The molecule has 0 aliphatic heterocycles. The number of guanidine groups is 1. The van der Waals surface area contributed by atoms with Crippen LogP contribution < -0.4 is 15.5 Å². The first-order valence-electron chi connectivity index (χ1n) is 6.56. The fraction of sp³-hybridized carbons (Fsp3) is 0.400. The van der Waals surface area contributed by atoms with Crippen LogP contribution in [0.4, 0.5) is 5.69 Å². The number of nitrogens with zero attached hydrogens (tertiary/aromatic N) is 2. The zero-order valence-electron chi connectivity index (χ0n) is 12.5. The van der Waals surface area contributed by atoms with Crippen molar-refractivity contribution in [3.63, 3.8) is 0 Å². The number of aliphatic imine (C=N–C) groups is 1. The SMILES string of the molecule is C=CCNC(=NCc1cccc(N(C)C)c1)NCC.I. The van der Waals surface area contributed by atoms with Crippen molar-refractivity contribution in [2.45, 2.75) is 13.5 Å². The third-order valence-corrected chi connectivity index (χ3v) is 2.60. The van der Waals surface area contributed by atoms with Gasteiger partial charge in [-0.15, -0.1) is 30.6 Å². The maximum absolute atomic E-state index is 4.55. The number of nitrogens with one attached hydrogen (secondary N) is 2. The molecule has 0 aliphatic carbocycles. The van der Waals surface area contributed by atoms with E-state index in [0.717, 1.165) is 12.5 Å². The van der Waals surface area contributed by atoms with Gasteiger partial charge in [-0.25, -0.2) is 4.99 Å². The minimum absolute atomic E-state index is 0. The third kappa shape index (κ3) is 6.79. The summed E-state index contributed by atoms with van der Waals surface area (Å²) in [6, 6.07) is 8.40. The topological polar surface area (TPSA) is 39.7 Å². The molecule has 0 aromatic heterocycles. The monoisotopic (exact) mass is 388 g/mol. The molecular formula is C15H25IN4. The minimum Gasteiger partial charge on any atom is -0.378 e. The fourth-order valence-electron chi connectivity index (χ4n) is 1.61. The van der Waals surface area contributed by atoms with Crippen molar-refractivity contribution in [3.8, 4) is 0 Å². The Bertz CT molecular complexity index is 430. The van der Waals surface area contributed by atoms with E-state index in [4.69, 9.17) is 0 Å². The van der Waals surface area contributed by atoms with Crippen molar-refractivity contribution < 1.29 is 0 Å². The first-order chi connectivity index (χ1) is 9.17. The predicted octanol–water partition coefficient (Wildman–Crippen LogP) is 2.61. The Hall–Kier alpha value is -1.24. The van der Waals surface area contributed by atoms with Crippen LogP contribution in [0.3, 0.4) is 0 Å². The van der Waals surface area contributed by atoms with Gasteiger partial charge in [-0.05, 0) is 24.6 Å². The summed E-state index contributed by atoms with van der Waals surface area (Å²) in [4.78, 5) is 6.64. The number of rotatable bonds is 6. The van der Waals surface area contributed by atoms with Gasteiger partial charge in [0.25, 0.3) is 0 Å². The van der Waals surface area contributed by atoms with E-state index >= 15 is 0 Å². The second-order valence-corrected chi connectivity index (χ2v) is 4.43. The summed E-state index contributed by atoms with van der Waals surface area (Å²) >= 11 is 0. The number of hydrogen-bond acceptors (Lipinski definition) is 2. The molecule has 2 N–H and O–H groups in total. The summed E-state index contributed by atoms with van der Waals surface area (Å²) in [5.74, 6) is 0.817. The first kappa shape index (κ1) is 18.8. The van der Waals surface area contributed by atoms with Gasteiger partial charge in [0.1, 0.15) is 0 Å². The van der Waals surface area contributed by atoms with Crippen LogP contribution in [0.5, 0.6) is 0 Å². The lowest BCUT2D eigenvalue weighted by atomic mass is 10.2. The normalized spacial score (nSPS) is 10.4. The van der Waals surface area contributed by atoms with Gasteiger partial charge in [0.05, 0.1) is 6.54 Å². The summed E-state index contributed by atoms with van der Waals surface area (Å²) in [7, 11) is 4.08. The average Bonchev–Trinajstić information content (AvgIpc) is 2.42. The minimum atomic E-state index is 0. The van der Waals surface area contributed by atoms with E-state index in [1.165, 1.54) is 11.3 Å². The molecule has 0 saturated carbocycles. The molecule has 0 bridgehead atoms. The maximum Gasteiger partial charge on any atom is 0.191 e. The third-order valence-electron chi connectivity index (χ3n) is 2.60. The van der Waals surface area contributed by atoms with E-state index in [1.807, 2.05) is 20.2 Å². The van der Waals surface area contributed by atoms with E-state index < -0.39 is 0 Å². The summed E-state index contributed by atoms with van der Waals surface area (Å²) in [5.41, 5.74) is 2.39. The Balaban J connectivity index is 0.00000361. The smallest absolute Gasteiger partial charge is 0.191 e. The summed E-state index contributed by atoms with van der Waals surface area (Å²) in [5, 5.41) is 6.39. The molecule has 112 valence electrons. The maximum atomic E-state index is 4.55. The standard InChI is InChI=1S/C15H24N4.HI/c1-5-10-17-15(16-6-2)18-12-13-8-7-9-14(11-13)19(3)4;/h5,7-9,11H,1,6,10,12H2,2-4H3,(H2,16,17,18);1H. The molecule has 1 aromatic rings. The largest absolute Gasteiger partial charge is 0.378 e. The predicted molar refractivity (Wildman–Crippen MR) is 99.2 cm³/mol. The molecule has 0 heterocycles. The summed E-state index contributed by atoms with van der Waals surface area (Å²) < 4.78 is 0. The number of halogens is 1. The summed E-state index contributed by atoms with van der Waals surface area (Å²) in [6.45, 7) is 7.97. The van der Waals surface area contributed by atoms with Crippen molar-refractivity contribution in [3.05, 3.63) is 42.5 Å². The van der Waals surface area contributed by atoms with Crippen LogP contribution in [0.2, 0.25) is 0 Å². The van der Waals surface area contributed by atoms with Crippen LogP contribution in [0, 0.1) is 0 Å². The molecule has 5 heteroatoms. The average molecular weight is 388 g/mol. The summed E-state index contributed by atoms with van der Waals surface area (Å²) in [6.07, 6.45) is 1.82. The Kier molecular flexibility index (Phi) is 9.88. The fourth-order valence-corrected chi connectivity index (χ4v) is 1.61. The molecule has 0 amide bonds. The van der Waals surface area contributed by atoms with Crippen molar-refractivity contribution in [2.24, 2.45) is 4.99 Å². The Morgan fingerprint density at radius 3 is 2.70 bits per heavy atom. The highest BCUT2D eigenvalue weighted by atomic mass is 127. The Morgan fingerprint density at radius 1 is 1.35 bits per heavy atom. The van der Waals surface area contributed by atoms with Crippen LogP contribution in [0.1, 0.15) is 12.5 Å². The van der Waals surface area contributed by atoms with E-state index in [2.05, 4.69) is 58.3 Å². The van der Waals surface area contributed by atoms with Crippen molar-refractivity contribution in [1.29, 1.82) is 0 Å². The van der Waals surface area contributed by atoms with Gasteiger partial charge in [-0.3, -0.25) is 0 Å². The van der Waals surface area contributed by atoms with E-state index in [-0.39, 0.29) is 24.0 Å². The second kappa shape index (κ2) is 10.5. The van der Waals surface area contributed by atoms with Crippen molar-refractivity contribution >= 4 is 35.6 Å². The first-order valence-corrected chi connectivity index (χ1v) is 6.56. The number of hydrogen-bond donors (Lipinski definition) is 2. The molecule has 0 fully saturated rings. The van der Waals surface area contributed by atoms with Crippen LogP contribution in [0.15, 0.2) is 41.9 Å². The highest BCUT2D eigenvalue weighted by molar-refractivity contribution is 14.0. The zero-order valence-corrected chi connectivity index (χ0v) is 14.8. The Morgan fingerprint density at radius 2 is 2.10 bits per heavy atom. The van der Waals surface area contributed by atoms with Gasteiger partial charge in [0, 0.05) is 32.9 Å². The van der Waals surface area contributed by atoms with Crippen LogP contribution in [-0.4, -0.2) is 33.1 Å². The van der Waals surface area contributed by atoms with Crippen LogP contribution >= 0.6 is 24.0 Å². The number of benzene rings is 1. The van der Waals surface area contributed by atoms with Crippen LogP contribution in [0.25, 0.3) is 0 Å². The molecule has 1 aromatic carbocycles. The Labute approximate surface area is 139 Å². The molecule has 0 unspecified atom stereocenters. The lowest BCUT2D eigenvalue weighted by Crippen LogP contribution is -2.37. The molecule has 20 heavy (non-hydrogen) atoms. The molecule has 4 nitrogen and oxygen atoms in total. The lowest BCUT2D eigenvalue weighted by Gasteiger charge is -2.13. The molecule has 0 aliphatic rings. The molecule has 1 rings (SSSR count). The lowest BCUT2D eigenvalue weighted by molar-refractivity contribution is 0.860. The van der Waals surface area contributed by atoms with Gasteiger partial charge in [0.15, 0.2) is 5.96 Å². The van der Waals surface area contributed by atoms with E-state index in [0.29, 0.717) is 13.1 Å². The molecule has 0 saturated heterocycles. The molecule has 0 atom stereocenters. The van der Waals surface area contributed by atoms with Gasteiger partial charge in [-0.1, -0.05) is 18.2 Å². The van der Waals surface area contributed by atoms with Crippen LogP contribution in [-0.2, 0) is 6.54 Å². The molecular weight excluding hydrogens is 363 g/mol.